The first-order chi connectivity index (χ1) is 11.6. The molecule has 1 unspecified atom stereocenters. The highest BCUT2D eigenvalue weighted by Crippen LogP contribution is 2.29. The normalized spacial score (nSPS) is 18.2. The van der Waals surface area contributed by atoms with Crippen LogP contribution in [0.2, 0.25) is 0 Å². The van der Waals surface area contributed by atoms with Gasteiger partial charge in [0.25, 0.3) is 5.91 Å². The fourth-order valence-corrected chi connectivity index (χ4v) is 2.87. The molecule has 1 aliphatic heterocycles. The van der Waals surface area contributed by atoms with Crippen LogP contribution in [-0.4, -0.2) is 34.1 Å². The van der Waals surface area contributed by atoms with E-state index in [0.717, 1.165) is 25.7 Å². The van der Waals surface area contributed by atoms with Crippen LogP contribution in [0, 0.1) is 12.7 Å². The second-order valence-corrected chi connectivity index (χ2v) is 5.87. The lowest BCUT2D eigenvalue weighted by Gasteiger charge is -2.27. The van der Waals surface area contributed by atoms with E-state index in [1.54, 1.807) is 11.8 Å². The van der Waals surface area contributed by atoms with E-state index in [2.05, 4.69) is 10.1 Å². The van der Waals surface area contributed by atoms with Crippen LogP contribution in [0.1, 0.15) is 43.4 Å². The summed E-state index contributed by atoms with van der Waals surface area (Å²) < 4.78 is 23.7. The number of carbonyl (C=O) groups excluding carboxylic acids is 1. The van der Waals surface area contributed by atoms with Crippen LogP contribution in [0.4, 0.5) is 4.39 Å². The molecule has 1 aliphatic rings. The predicted molar refractivity (Wildman–Crippen MR) is 83.9 cm³/mol. The Morgan fingerprint density at radius 2 is 2.12 bits per heavy atom. The summed E-state index contributed by atoms with van der Waals surface area (Å²) in [6, 6.07) is 5.40. The largest absolute Gasteiger partial charge is 0.484 e. The van der Waals surface area contributed by atoms with Gasteiger partial charge in [0.1, 0.15) is 17.6 Å². The molecular formula is C17H20FN3O3. The number of likely N-dealkylation sites (tertiary alicyclic amines) is 1. The lowest BCUT2D eigenvalue weighted by molar-refractivity contribution is -0.136. The molecule has 0 bridgehead atoms. The summed E-state index contributed by atoms with van der Waals surface area (Å²) >= 11 is 0. The number of amides is 1. The average Bonchev–Trinajstić information content (AvgIpc) is 2.86. The molecule has 0 saturated carbocycles. The second-order valence-electron chi connectivity index (χ2n) is 5.87. The van der Waals surface area contributed by atoms with Gasteiger partial charge >= 0.3 is 0 Å². The average molecular weight is 333 g/mol. The van der Waals surface area contributed by atoms with Gasteiger partial charge in [0.15, 0.2) is 12.4 Å². The molecule has 3 rings (SSSR count). The molecule has 0 radical (unpaired) electrons. The summed E-state index contributed by atoms with van der Waals surface area (Å²) in [5.74, 6) is 1.02. The number of carbonyl (C=O) groups is 1. The zero-order chi connectivity index (χ0) is 16.9. The molecule has 1 atom stereocenters. The molecule has 0 aliphatic carbocycles. The van der Waals surface area contributed by atoms with Gasteiger partial charge in [-0.1, -0.05) is 18.0 Å². The fraction of sp³-hybridized carbons (Fsp3) is 0.471. The van der Waals surface area contributed by atoms with E-state index in [9.17, 15) is 9.18 Å². The molecule has 0 N–H and O–H groups in total. The number of halogens is 1. The molecule has 1 aromatic carbocycles. The Bertz CT molecular complexity index is 687. The van der Waals surface area contributed by atoms with E-state index in [4.69, 9.17) is 9.26 Å². The molecule has 1 amide bonds. The number of rotatable bonds is 4. The minimum atomic E-state index is -0.340. The van der Waals surface area contributed by atoms with Crippen LogP contribution < -0.4 is 4.74 Å². The molecule has 0 spiro atoms. The third kappa shape index (κ3) is 3.90. The van der Waals surface area contributed by atoms with Crippen molar-refractivity contribution in [1.29, 1.82) is 0 Å². The van der Waals surface area contributed by atoms with Gasteiger partial charge in [-0.05, 0) is 44.0 Å². The Kier molecular flexibility index (Phi) is 5.08. The third-order valence-corrected chi connectivity index (χ3v) is 4.08. The molecule has 1 fully saturated rings. The minimum Gasteiger partial charge on any atom is -0.484 e. The number of aromatic nitrogens is 2. The van der Waals surface area contributed by atoms with Crippen LogP contribution in [-0.2, 0) is 4.79 Å². The Hall–Kier alpha value is -2.44. The van der Waals surface area contributed by atoms with Crippen molar-refractivity contribution in [3.05, 3.63) is 41.8 Å². The minimum absolute atomic E-state index is 0.102. The predicted octanol–water partition coefficient (Wildman–Crippen LogP) is 3.04. The van der Waals surface area contributed by atoms with Crippen LogP contribution in [0.25, 0.3) is 0 Å². The molecule has 7 heteroatoms. The SMILES string of the molecule is Cc1noc(C2CCCCCN2C(=O)COc2ccc(F)cc2)n1. The van der Waals surface area contributed by atoms with E-state index in [1.165, 1.54) is 24.3 Å². The molecule has 2 heterocycles. The Balaban J connectivity index is 1.68. The lowest BCUT2D eigenvalue weighted by atomic mass is 10.1. The zero-order valence-corrected chi connectivity index (χ0v) is 13.6. The maximum Gasteiger partial charge on any atom is 0.261 e. The zero-order valence-electron chi connectivity index (χ0n) is 13.6. The van der Waals surface area contributed by atoms with E-state index < -0.39 is 0 Å². The van der Waals surface area contributed by atoms with Gasteiger partial charge in [0.2, 0.25) is 5.89 Å². The van der Waals surface area contributed by atoms with Crippen molar-refractivity contribution in [2.24, 2.45) is 0 Å². The molecule has 1 saturated heterocycles. The van der Waals surface area contributed by atoms with Gasteiger partial charge < -0.3 is 14.2 Å². The van der Waals surface area contributed by atoms with Gasteiger partial charge in [0.05, 0.1) is 0 Å². The Morgan fingerprint density at radius 3 is 2.83 bits per heavy atom. The molecule has 2 aromatic rings. The fourth-order valence-electron chi connectivity index (χ4n) is 2.87. The first-order valence-electron chi connectivity index (χ1n) is 8.11. The van der Waals surface area contributed by atoms with Crippen LogP contribution in [0.3, 0.4) is 0 Å². The third-order valence-electron chi connectivity index (χ3n) is 4.08. The van der Waals surface area contributed by atoms with E-state index in [1.807, 2.05) is 0 Å². The summed E-state index contributed by atoms with van der Waals surface area (Å²) in [5, 5.41) is 3.83. The maximum atomic E-state index is 12.9. The maximum absolute atomic E-state index is 12.9. The summed E-state index contributed by atoms with van der Waals surface area (Å²) in [6.07, 6.45) is 3.80. The number of hydrogen-bond acceptors (Lipinski definition) is 5. The molecule has 24 heavy (non-hydrogen) atoms. The quantitative estimate of drug-likeness (QED) is 0.860. The first kappa shape index (κ1) is 16.4. The number of ether oxygens (including phenoxy) is 1. The van der Waals surface area contributed by atoms with Crippen LogP contribution in [0.15, 0.2) is 28.8 Å². The summed E-state index contributed by atoms with van der Waals surface area (Å²) in [7, 11) is 0. The van der Waals surface area contributed by atoms with Crippen molar-refractivity contribution in [2.45, 2.75) is 38.6 Å². The molecule has 1 aromatic heterocycles. The van der Waals surface area contributed by atoms with Crippen LogP contribution in [0.5, 0.6) is 5.75 Å². The van der Waals surface area contributed by atoms with Crippen LogP contribution >= 0.6 is 0 Å². The van der Waals surface area contributed by atoms with E-state index >= 15 is 0 Å². The van der Waals surface area contributed by atoms with Crippen molar-refractivity contribution < 1.29 is 18.4 Å². The van der Waals surface area contributed by atoms with Gasteiger partial charge in [-0.3, -0.25) is 4.79 Å². The molecular weight excluding hydrogens is 313 g/mol. The Morgan fingerprint density at radius 1 is 1.33 bits per heavy atom. The van der Waals surface area contributed by atoms with Gasteiger partial charge in [0, 0.05) is 6.54 Å². The highest BCUT2D eigenvalue weighted by molar-refractivity contribution is 5.78. The van der Waals surface area contributed by atoms with Gasteiger partial charge in [-0.2, -0.15) is 4.98 Å². The monoisotopic (exact) mass is 333 g/mol. The second kappa shape index (κ2) is 7.42. The summed E-state index contributed by atoms with van der Waals surface area (Å²) in [5.41, 5.74) is 0. The standard InChI is InChI=1S/C17H20FN3O3/c1-12-19-17(24-20-12)15-5-3-2-4-10-21(15)16(22)11-23-14-8-6-13(18)7-9-14/h6-9,15H,2-5,10-11H2,1H3. The number of nitrogens with zero attached hydrogens (tertiary/aromatic N) is 3. The molecule has 128 valence electrons. The van der Waals surface area contributed by atoms with Gasteiger partial charge in [-0.25, -0.2) is 4.39 Å². The first-order valence-corrected chi connectivity index (χ1v) is 8.11. The number of aryl methyl sites for hydroxylation is 1. The molecule has 6 nitrogen and oxygen atoms in total. The van der Waals surface area contributed by atoms with Crippen molar-refractivity contribution in [2.75, 3.05) is 13.2 Å². The van der Waals surface area contributed by atoms with Crippen molar-refractivity contribution in [3.63, 3.8) is 0 Å². The topological polar surface area (TPSA) is 68.5 Å². The highest BCUT2D eigenvalue weighted by Gasteiger charge is 2.30. The highest BCUT2D eigenvalue weighted by atomic mass is 19.1. The van der Waals surface area contributed by atoms with E-state index in [-0.39, 0.29) is 24.4 Å². The Labute approximate surface area is 139 Å². The lowest BCUT2D eigenvalue weighted by Crippen LogP contribution is -2.38. The number of hydrogen-bond donors (Lipinski definition) is 0. The van der Waals surface area contributed by atoms with Crippen molar-refractivity contribution in [3.8, 4) is 5.75 Å². The smallest absolute Gasteiger partial charge is 0.261 e. The van der Waals surface area contributed by atoms with Crippen molar-refractivity contribution >= 4 is 5.91 Å². The summed E-state index contributed by atoms with van der Waals surface area (Å²) in [4.78, 5) is 18.7. The van der Waals surface area contributed by atoms with Gasteiger partial charge in [-0.15, -0.1) is 0 Å². The van der Waals surface area contributed by atoms with Crippen molar-refractivity contribution in [1.82, 2.24) is 15.0 Å². The summed E-state index contributed by atoms with van der Waals surface area (Å²) in [6.45, 7) is 2.29. The number of benzene rings is 1. The van der Waals surface area contributed by atoms with E-state index in [0.29, 0.717) is 24.0 Å².